The number of carbonyl (C=O) groups is 1. The average molecular weight is 314 g/mol. The maximum absolute atomic E-state index is 12.0. The third-order valence-electron chi connectivity index (χ3n) is 2.29. The van der Waals surface area contributed by atoms with Gasteiger partial charge in [0.1, 0.15) is 0 Å². The molecule has 0 heterocycles. The average Bonchev–Trinajstić information content (AvgIpc) is 2.33. The molecule has 0 radical (unpaired) electrons. The van der Waals surface area contributed by atoms with Gasteiger partial charge in [0.05, 0.1) is 11.3 Å². The van der Waals surface area contributed by atoms with Gasteiger partial charge in [-0.3, -0.25) is 9.52 Å². The minimum Gasteiger partial charge on any atom is -0.351 e. The number of anilines is 1. The third-order valence-corrected chi connectivity index (χ3v) is 3.66. The zero-order chi connectivity index (χ0) is 16.1. The summed E-state index contributed by atoms with van der Waals surface area (Å²) in [5, 5.41) is 2.60. The first-order valence-electron chi connectivity index (χ1n) is 6.53. The van der Waals surface area contributed by atoms with Crippen molar-refractivity contribution >= 4 is 21.8 Å². The molecule has 0 aliphatic carbocycles. The van der Waals surface area contributed by atoms with Gasteiger partial charge in [-0.1, -0.05) is 12.1 Å². The van der Waals surface area contributed by atoms with Crippen molar-refractivity contribution in [1.82, 2.24) is 10.0 Å². The van der Waals surface area contributed by atoms with Crippen molar-refractivity contribution in [2.75, 3.05) is 17.8 Å². The van der Waals surface area contributed by atoms with Gasteiger partial charge in [0, 0.05) is 18.6 Å². The number of nitrogens with one attached hydrogen (secondary N) is 3. The summed E-state index contributed by atoms with van der Waals surface area (Å²) < 4.78 is 28.9. The molecule has 0 unspecified atom stereocenters. The molecule has 0 saturated carbocycles. The van der Waals surface area contributed by atoms with E-state index in [1.165, 1.54) is 6.07 Å². The van der Waals surface area contributed by atoms with Gasteiger partial charge in [0.15, 0.2) is 0 Å². The normalized spacial score (nSPS) is 12.0. The first-order chi connectivity index (χ1) is 9.64. The number of hydrogen-bond donors (Lipinski definition) is 4. The smallest absolute Gasteiger partial charge is 0.299 e. The van der Waals surface area contributed by atoms with Crippen LogP contribution in [-0.4, -0.2) is 33.0 Å². The van der Waals surface area contributed by atoms with Crippen LogP contribution < -0.4 is 20.5 Å². The molecule has 1 aromatic rings. The quantitative estimate of drug-likeness (QED) is 0.609. The van der Waals surface area contributed by atoms with Crippen LogP contribution in [0.3, 0.4) is 0 Å². The van der Waals surface area contributed by atoms with Gasteiger partial charge in [-0.2, -0.15) is 13.1 Å². The molecule has 0 bridgehead atoms. The minimum atomic E-state index is -3.77. The van der Waals surface area contributed by atoms with Crippen LogP contribution in [0.5, 0.6) is 0 Å². The van der Waals surface area contributed by atoms with Crippen LogP contribution in [0.1, 0.15) is 31.1 Å². The van der Waals surface area contributed by atoms with Crippen molar-refractivity contribution in [2.45, 2.75) is 26.3 Å². The van der Waals surface area contributed by atoms with E-state index >= 15 is 0 Å². The lowest BCUT2D eigenvalue weighted by atomic mass is 10.1. The molecule has 0 atom stereocenters. The predicted molar refractivity (Wildman–Crippen MR) is 83.3 cm³/mol. The summed E-state index contributed by atoms with van der Waals surface area (Å²) in [7, 11) is -3.77. The predicted octanol–water partition coefficient (Wildman–Crippen LogP) is 0.420. The van der Waals surface area contributed by atoms with E-state index in [1.807, 2.05) is 0 Å². The molecular weight excluding hydrogens is 292 g/mol. The summed E-state index contributed by atoms with van der Waals surface area (Å²) in [4.78, 5) is 12.0. The lowest BCUT2D eigenvalue weighted by molar-refractivity contribution is 0.0955. The lowest BCUT2D eigenvalue weighted by Crippen LogP contribution is -2.43. The molecule has 1 rings (SSSR count). The molecule has 0 spiro atoms. The fourth-order valence-electron chi connectivity index (χ4n) is 1.62. The van der Waals surface area contributed by atoms with Crippen molar-refractivity contribution in [3.05, 3.63) is 29.8 Å². The van der Waals surface area contributed by atoms with Crippen LogP contribution >= 0.6 is 0 Å². The van der Waals surface area contributed by atoms with Crippen molar-refractivity contribution in [1.29, 1.82) is 0 Å². The Morgan fingerprint density at radius 1 is 1.24 bits per heavy atom. The summed E-state index contributed by atoms with van der Waals surface area (Å²) in [5.74, 6) is -0.380. The van der Waals surface area contributed by atoms with Crippen LogP contribution in [-0.2, 0) is 10.2 Å². The molecule has 7 nitrogen and oxygen atoms in total. The molecule has 0 aromatic heterocycles. The molecule has 1 aromatic carbocycles. The molecule has 0 fully saturated rings. The molecule has 5 N–H and O–H groups in total. The Bertz CT molecular complexity index is 594. The Balaban J connectivity index is 2.96. The standard InChI is InChI=1S/C13H22N4O3S/c1-13(2,3)17-21(19,20)16-11-7-5-4-6-10(11)12(18)15-9-8-14/h4-7,16-17H,8-9,14H2,1-3H3,(H,15,18). The number of benzene rings is 1. The van der Waals surface area contributed by atoms with E-state index in [-0.39, 0.29) is 17.2 Å². The molecule has 118 valence electrons. The van der Waals surface area contributed by atoms with Gasteiger partial charge in [-0.15, -0.1) is 0 Å². The Morgan fingerprint density at radius 2 is 1.86 bits per heavy atom. The van der Waals surface area contributed by atoms with Gasteiger partial charge in [0.2, 0.25) is 0 Å². The van der Waals surface area contributed by atoms with Gasteiger partial charge >= 0.3 is 0 Å². The molecule has 0 saturated heterocycles. The van der Waals surface area contributed by atoms with E-state index in [0.29, 0.717) is 13.1 Å². The van der Waals surface area contributed by atoms with Crippen LogP contribution in [0.15, 0.2) is 24.3 Å². The monoisotopic (exact) mass is 314 g/mol. The SMILES string of the molecule is CC(C)(C)NS(=O)(=O)Nc1ccccc1C(=O)NCCN. The summed E-state index contributed by atoms with van der Waals surface area (Å²) in [6.07, 6.45) is 0. The number of para-hydroxylation sites is 1. The first kappa shape index (κ1) is 17.4. The van der Waals surface area contributed by atoms with E-state index in [1.54, 1.807) is 39.0 Å². The number of amides is 1. The molecular formula is C13H22N4O3S. The van der Waals surface area contributed by atoms with Crippen molar-refractivity contribution in [2.24, 2.45) is 5.73 Å². The number of rotatable bonds is 6. The highest BCUT2D eigenvalue weighted by Crippen LogP contribution is 2.16. The summed E-state index contributed by atoms with van der Waals surface area (Å²) in [5.41, 5.74) is 5.16. The second-order valence-corrected chi connectivity index (χ2v) is 6.96. The van der Waals surface area contributed by atoms with E-state index in [0.717, 1.165) is 0 Å². The molecule has 8 heteroatoms. The van der Waals surface area contributed by atoms with Gasteiger partial charge < -0.3 is 11.1 Å². The highest BCUT2D eigenvalue weighted by Gasteiger charge is 2.21. The molecule has 1 amide bonds. The fraction of sp³-hybridized carbons (Fsp3) is 0.462. The zero-order valence-corrected chi connectivity index (χ0v) is 13.3. The minimum absolute atomic E-state index is 0.212. The largest absolute Gasteiger partial charge is 0.351 e. The van der Waals surface area contributed by atoms with Gasteiger partial charge in [0.25, 0.3) is 16.1 Å². The first-order valence-corrected chi connectivity index (χ1v) is 8.02. The Kier molecular flexibility index (Phi) is 5.70. The number of nitrogens with two attached hydrogens (primary N) is 1. The Labute approximate surface area is 125 Å². The van der Waals surface area contributed by atoms with Gasteiger partial charge in [-0.05, 0) is 32.9 Å². The molecule has 21 heavy (non-hydrogen) atoms. The fourth-order valence-corrected chi connectivity index (χ4v) is 2.95. The number of carbonyl (C=O) groups excluding carboxylic acids is 1. The molecule has 0 aliphatic heterocycles. The highest BCUT2D eigenvalue weighted by molar-refractivity contribution is 7.90. The maximum atomic E-state index is 12.0. The lowest BCUT2D eigenvalue weighted by Gasteiger charge is -2.21. The summed E-state index contributed by atoms with van der Waals surface area (Å²) in [6.45, 7) is 5.82. The highest BCUT2D eigenvalue weighted by atomic mass is 32.2. The van der Waals surface area contributed by atoms with Crippen LogP contribution in [0, 0.1) is 0 Å². The third kappa shape index (κ3) is 6.11. The van der Waals surface area contributed by atoms with E-state index < -0.39 is 15.7 Å². The van der Waals surface area contributed by atoms with Gasteiger partial charge in [-0.25, -0.2) is 0 Å². The van der Waals surface area contributed by atoms with E-state index in [2.05, 4.69) is 14.8 Å². The van der Waals surface area contributed by atoms with E-state index in [4.69, 9.17) is 5.73 Å². The van der Waals surface area contributed by atoms with Crippen molar-refractivity contribution in [3.8, 4) is 0 Å². The molecule has 0 aliphatic rings. The summed E-state index contributed by atoms with van der Waals surface area (Å²) >= 11 is 0. The topological polar surface area (TPSA) is 113 Å². The Hall–Kier alpha value is -1.64. The van der Waals surface area contributed by atoms with Crippen LogP contribution in [0.2, 0.25) is 0 Å². The maximum Gasteiger partial charge on any atom is 0.299 e. The van der Waals surface area contributed by atoms with Crippen LogP contribution in [0.25, 0.3) is 0 Å². The second kappa shape index (κ2) is 6.88. The zero-order valence-electron chi connectivity index (χ0n) is 12.4. The number of hydrogen-bond acceptors (Lipinski definition) is 4. The second-order valence-electron chi connectivity index (χ2n) is 5.55. The van der Waals surface area contributed by atoms with E-state index in [9.17, 15) is 13.2 Å². The van der Waals surface area contributed by atoms with Crippen LogP contribution in [0.4, 0.5) is 5.69 Å². The Morgan fingerprint density at radius 3 is 2.43 bits per heavy atom. The van der Waals surface area contributed by atoms with Crippen molar-refractivity contribution in [3.63, 3.8) is 0 Å². The summed E-state index contributed by atoms with van der Waals surface area (Å²) in [6, 6.07) is 6.38. The van der Waals surface area contributed by atoms with Crippen molar-refractivity contribution < 1.29 is 13.2 Å².